The molecule has 2 heterocycles. The predicted octanol–water partition coefficient (Wildman–Crippen LogP) is 2.95. The molecule has 42 heavy (non-hydrogen) atoms. The quantitative estimate of drug-likeness (QED) is 0.281. The number of benzene rings is 2. The summed E-state index contributed by atoms with van der Waals surface area (Å²) in [4.78, 5) is 30.5. The Bertz CT molecular complexity index is 1610. The Morgan fingerprint density at radius 2 is 1.76 bits per heavy atom. The van der Waals surface area contributed by atoms with Crippen LogP contribution in [0.5, 0.6) is 0 Å². The number of halogens is 4. The summed E-state index contributed by atoms with van der Waals surface area (Å²) in [5.74, 6) is -0.302. The first-order valence-corrected chi connectivity index (χ1v) is 13.5. The highest BCUT2D eigenvalue weighted by molar-refractivity contribution is 6.30. The predicted molar refractivity (Wildman–Crippen MR) is 145 cm³/mol. The number of para-hydroxylation sites is 1. The number of nitrogens with one attached hydrogen (secondary N) is 1. The van der Waals surface area contributed by atoms with Crippen LogP contribution in [0.25, 0.3) is 17.1 Å². The van der Waals surface area contributed by atoms with Crippen molar-refractivity contribution in [2.45, 2.75) is 63.2 Å². The van der Waals surface area contributed by atoms with Crippen molar-refractivity contribution in [3.8, 4) is 17.1 Å². The maximum absolute atomic E-state index is 13.2. The summed E-state index contributed by atoms with van der Waals surface area (Å²) in [6.45, 7) is -1.36. The molecule has 1 saturated carbocycles. The monoisotopic (exact) mass is 605 g/mol. The molecule has 5 rings (SSSR count). The first kappa shape index (κ1) is 29.5. The third-order valence-corrected chi connectivity index (χ3v) is 7.27. The first-order valence-electron chi connectivity index (χ1n) is 13.2. The number of rotatable bonds is 8. The highest BCUT2D eigenvalue weighted by Crippen LogP contribution is 2.24. The number of aliphatic hydroxyl groups excluding tert-OH is 2. The van der Waals surface area contributed by atoms with Crippen molar-refractivity contribution >= 4 is 17.5 Å². The van der Waals surface area contributed by atoms with Crippen molar-refractivity contribution in [2.75, 3.05) is 0 Å². The van der Waals surface area contributed by atoms with Gasteiger partial charge in [0.1, 0.15) is 12.9 Å². The van der Waals surface area contributed by atoms with Crippen LogP contribution in [0.4, 0.5) is 13.2 Å². The Balaban J connectivity index is 1.41. The molecule has 0 bridgehead atoms. The van der Waals surface area contributed by atoms with Gasteiger partial charge in [-0.1, -0.05) is 23.7 Å². The molecule has 222 valence electrons. The summed E-state index contributed by atoms with van der Waals surface area (Å²) in [6, 6.07) is 12.7. The minimum absolute atomic E-state index is 0.0621. The molecule has 1 aliphatic carbocycles. The van der Waals surface area contributed by atoms with E-state index in [9.17, 15) is 33.0 Å². The molecule has 2 aromatic carbocycles. The van der Waals surface area contributed by atoms with E-state index in [0.717, 1.165) is 9.25 Å². The molecule has 1 atom stereocenters. The lowest BCUT2D eigenvalue weighted by Crippen LogP contribution is -2.38. The second-order valence-corrected chi connectivity index (χ2v) is 10.5. The van der Waals surface area contributed by atoms with Crippen molar-refractivity contribution in [3.05, 3.63) is 81.8 Å². The molecule has 4 aromatic rings. The van der Waals surface area contributed by atoms with Crippen LogP contribution in [-0.4, -0.2) is 69.7 Å². The zero-order valence-electron chi connectivity index (χ0n) is 22.1. The van der Waals surface area contributed by atoms with Crippen LogP contribution in [0.3, 0.4) is 0 Å². The van der Waals surface area contributed by atoms with E-state index in [4.69, 9.17) is 11.6 Å². The first-order chi connectivity index (χ1) is 20.0. The van der Waals surface area contributed by atoms with Gasteiger partial charge in [0.15, 0.2) is 17.8 Å². The third-order valence-electron chi connectivity index (χ3n) is 7.02. The van der Waals surface area contributed by atoms with E-state index in [1.165, 1.54) is 35.3 Å². The Labute approximate surface area is 242 Å². The number of aromatic nitrogens is 6. The number of amides is 1. The van der Waals surface area contributed by atoms with Crippen LogP contribution in [0, 0.1) is 0 Å². The lowest BCUT2D eigenvalue weighted by Gasteiger charge is -2.26. The molecule has 1 aliphatic rings. The minimum atomic E-state index is -4.95. The highest BCUT2D eigenvalue weighted by Gasteiger charge is 2.39. The maximum Gasteiger partial charge on any atom is 0.416 e. The zero-order chi connectivity index (χ0) is 30.0. The molecular formula is C27H27ClF3N7O4. The van der Waals surface area contributed by atoms with Crippen molar-refractivity contribution in [3.63, 3.8) is 0 Å². The topological polar surface area (TPSA) is 140 Å². The third kappa shape index (κ3) is 6.55. The van der Waals surface area contributed by atoms with Crippen molar-refractivity contribution in [1.82, 2.24) is 34.4 Å². The van der Waals surface area contributed by atoms with Gasteiger partial charge in [-0.05, 0) is 62.1 Å². The smallest absolute Gasteiger partial charge is 0.393 e. The number of carbonyl (C=O) groups is 1. The van der Waals surface area contributed by atoms with E-state index >= 15 is 0 Å². The molecular weight excluding hydrogens is 579 g/mol. The van der Waals surface area contributed by atoms with Crippen molar-refractivity contribution < 1.29 is 28.2 Å². The number of hydrogen-bond acceptors (Lipinski definition) is 7. The summed E-state index contributed by atoms with van der Waals surface area (Å²) in [7, 11) is 0. The van der Waals surface area contributed by atoms with Gasteiger partial charge in [0.25, 0.3) is 5.91 Å². The fourth-order valence-electron chi connectivity index (χ4n) is 4.77. The van der Waals surface area contributed by atoms with E-state index in [2.05, 4.69) is 20.5 Å². The molecule has 0 aliphatic heterocycles. The Morgan fingerprint density at radius 1 is 1.07 bits per heavy atom. The second-order valence-electron chi connectivity index (χ2n) is 10.0. The average Bonchev–Trinajstić information content (AvgIpc) is 3.55. The van der Waals surface area contributed by atoms with Crippen molar-refractivity contribution in [1.29, 1.82) is 0 Å². The summed E-state index contributed by atoms with van der Waals surface area (Å²) in [5, 5.41) is 31.4. The number of nitrogens with zero attached hydrogens (tertiary/aromatic N) is 6. The molecule has 1 unspecified atom stereocenters. The summed E-state index contributed by atoms with van der Waals surface area (Å²) < 4.78 is 42.4. The van der Waals surface area contributed by atoms with Crippen LogP contribution < -0.4 is 11.0 Å². The van der Waals surface area contributed by atoms with Crippen molar-refractivity contribution in [2.24, 2.45) is 0 Å². The summed E-state index contributed by atoms with van der Waals surface area (Å²) in [5.41, 5.74) is 0.179. The average molecular weight is 606 g/mol. The van der Waals surface area contributed by atoms with Gasteiger partial charge in [0.2, 0.25) is 0 Å². The SMILES string of the molecule is O=C(N[C@H]1CC[C@H](O)CC1)c1ccccc1-n1cnc(Cn2nc(-c3ccc(Cl)cc3)n(CC(O)C(F)(F)F)c2=O)n1. The number of carbonyl (C=O) groups excluding carboxylic acids is 1. The van der Waals surface area contributed by atoms with E-state index in [-0.39, 0.29) is 36.2 Å². The molecule has 0 spiro atoms. The molecule has 1 fully saturated rings. The van der Waals surface area contributed by atoms with Gasteiger partial charge in [-0.25, -0.2) is 19.1 Å². The maximum atomic E-state index is 13.2. The summed E-state index contributed by atoms with van der Waals surface area (Å²) >= 11 is 5.93. The Kier molecular flexibility index (Phi) is 8.48. The van der Waals surface area contributed by atoms with E-state index in [1.807, 2.05) is 0 Å². The standard InChI is InChI=1S/C27H27ClF3N7O4/c28-17-7-5-16(6-8-17)24-35-37(26(42)36(24)13-22(40)27(29,30)31)14-23-32-15-38(34-23)21-4-2-1-3-20(21)25(41)33-18-9-11-19(39)12-10-18/h1-8,15,18-19,22,39-40H,9-14H2,(H,33,41)/t18-,19-,22?. The van der Waals surface area contributed by atoms with E-state index in [1.54, 1.807) is 24.3 Å². The molecule has 0 radical (unpaired) electrons. The Hall–Kier alpha value is -4.01. The van der Waals surface area contributed by atoms with Gasteiger partial charge in [-0.15, -0.1) is 10.2 Å². The highest BCUT2D eigenvalue weighted by atomic mass is 35.5. The summed E-state index contributed by atoms with van der Waals surface area (Å²) in [6.07, 6.45) is -4.17. The molecule has 15 heteroatoms. The van der Waals surface area contributed by atoms with Crippen LogP contribution in [0.15, 0.2) is 59.7 Å². The van der Waals surface area contributed by atoms with Gasteiger partial charge < -0.3 is 15.5 Å². The molecule has 0 saturated heterocycles. The van der Waals surface area contributed by atoms with Gasteiger partial charge in [-0.3, -0.25) is 9.36 Å². The molecule has 11 nitrogen and oxygen atoms in total. The fourth-order valence-corrected chi connectivity index (χ4v) is 4.89. The Morgan fingerprint density at radius 3 is 2.45 bits per heavy atom. The lowest BCUT2D eigenvalue weighted by molar-refractivity contribution is -0.207. The van der Waals surface area contributed by atoms with Gasteiger partial charge in [0.05, 0.1) is 23.9 Å². The van der Waals surface area contributed by atoms with Crippen LogP contribution in [0.2, 0.25) is 5.02 Å². The number of aliphatic hydroxyl groups is 2. The minimum Gasteiger partial charge on any atom is -0.393 e. The lowest BCUT2D eigenvalue weighted by atomic mass is 9.93. The van der Waals surface area contributed by atoms with Gasteiger partial charge >= 0.3 is 11.9 Å². The van der Waals surface area contributed by atoms with Gasteiger partial charge in [-0.2, -0.15) is 13.2 Å². The van der Waals surface area contributed by atoms with Crippen LogP contribution in [-0.2, 0) is 13.1 Å². The largest absolute Gasteiger partial charge is 0.416 e. The van der Waals surface area contributed by atoms with Crippen LogP contribution in [0.1, 0.15) is 41.9 Å². The zero-order valence-corrected chi connectivity index (χ0v) is 22.8. The van der Waals surface area contributed by atoms with Gasteiger partial charge in [0, 0.05) is 16.6 Å². The number of hydrogen-bond donors (Lipinski definition) is 3. The van der Waals surface area contributed by atoms with E-state index in [0.29, 0.717) is 47.5 Å². The molecule has 2 aromatic heterocycles. The van der Waals surface area contributed by atoms with E-state index < -0.39 is 24.5 Å². The van der Waals surface area contributed by atoms with Crippen LogP contribution >= 0.6 is 11.6 Å². The number of alkyl halides is 3. The normalized spacial score (nSPS) is 18.1. The molecule has 1 amide bonds. The fraction of sp³-hybridized carbons (Fsp3) is 0.370. The second kappa shape index (κ2) is 12.1. The molecule has 3 N–H and O–H groups in total.